The van der Waals surface area contributed by atoms with Crippen LogP contribution in [0.4, 0.5) is 4.39 Å². The topological polar surface area (TPSA) is 65.5 Å². The molecule has 2 aromatic carbocycles. The van der Waals surface area contributed by atoms with Gasteiger partial charge in [-0.3, -0.25) is 9.78 Å². The van der Waals surface area contributed by atoms with Crippen LogP contribution in [-0.4, -0.2) is 30.5 Å². The van der Waals surface area contributed by atoms with Gasteiger partial charge in [-0.25, -0.2) is 9.18 Å². The standard InChI is InChI=1S/C21H16FNO4/c1-26-19-9-8-16(22)12-17(19)18(24)13-27-20(25)10-7-15-5-2-4-14-6-3-11-23-21(14)15/h2-12H,13H2,1H3/b10-7+. The van der Waals surface area contributed by atoms with Crippen molar-refractivity contribution in [3.8, 4) is 5.75 Å². The Hall–Kier alpha value is -3.54. The first-order valence-electron chi connectivity index (χ1n) is 8.14. The Bertz CT molecular complexity index is 1020. The van der Waals surface area contributed by atoms with Crippen molar-refractivity contribution in [2.75, 3.05) is 13.7 Å². The van der Waals surface area contributed by atoms with Gasteiger partial charge >= 0.3 is 5.97 Å². The number of ether oxygens (including phenoxy) is 2. The maximum absolute atomic E-state index is 13.3. The normalized spacial score (nSPS) is 10.9. The highest BCUT2D eigenvalue weighted by Gasteiger charge is 2.15. The van der Waals surface area contributed by atoms with E-state index in [0.717, 1.165) is 22.5 Å². The van der Waals surface area contributed by atoms with Crippen LogP contribution in [0.1, 0.15) is 15.9 Å². The summed E-state index contributed by atoms with van der Waals surface area (Å²) in [6.07, 6.45) is 4.47. The van der Waals surface area contributed by atoms with Crippen molar-refractivity contribution < 1.29 is 23.5 Å². The maximum atomic E-state index is 13.3. The number of Topliss-reactive ketones (excluding diaryl/α,β-unsaturated/α-hetero) is 1. The van der Waals surface area contributed by atoms with Crippen LogP contribution in [0.5, 0.6) is 5.75 Å². The summed E-state index contributed by atoms with van der Waals surface area (Å²) < 4.78 is 23.3. The molecule has 136 valence electrons. The van der Waals surface area contributed by atoms with Gasteiger partial charge in [0.15, 0.2) is 6.61 Å². The molecule has 0 saturated carbocycles. The quantitative estimate of drug-likeness (QED) is 0.377. The van der Waals surface area contributed by atoms with Crippen molar-refractivity contribution in [3.63, 3.8) is 0 Å². The average Bonchev–Trinajstić information content (AvgIpc) is 2.70. The number of hydrogen-bond donors (Lipinski definition) is 0. The molecule has 0 unspecified atom stereocenters. The van der Waals surface area contributed by atoms with Gasteiger partial charge in [-0.05, 0) is 30.3 Å². The number of para-hydroxylation sites is 1. The maximum Gasteiger partial charge on any atom is 0.331 e. The molecule has 0 fully saturated rings. The Labute approximate surface area is 155 Å². The summed E-state index contributed by atoms with van der Waals surface area (Å²) in [7, 11) is 1.37. The largest absolute Gasteiger partial charge is 0.496 e. The first-order chi connectivity index (χ1) is 13.1. The third-order valence-corrected chi connectivity index (χ3v) is 3.87. The third-order valence-electron chi connectivity index (χ3n) is 3.87. The van der Waals surface area contributed by atoms with Gasteiger partial charge in [-0.15, -0.1) is 0 Å². The van der Waals surface area contributed by atoms with Gasteiger partial charge in [0.2, 0.25) is 5.78 Å². The number of fused-ring (bicyclic) bond motifs is 1. The zero-order valence-corrected chi connectivity index (χ0v) is 14.5. The van der Waals surface area contributed by atoms with Crippen LogP contribution in [0.15, 0.2) is 60.8 Å². The molecule has 0 spiro atoms. The van der Waals surface area contributed by atoms with E-state index in [1.807, 2.05) is 30.3 Å². The molecule has 0 N–H and O–H groups in total. The van der Waals surface area contributed by atoms with Gasteiger partial charge in [0.25, 0.3) is 0 Å². The zero-order chi connectivity index (χ0) is 19.2. The zero-order valence-electron chi connectivity index (χ0n) is 14.5. The van der Waals surface area contributed by atoms with E-state index in [0.29, 0.717) is 0 Å². The molecule has 1 heterocycles. The highest BCUT2D eigenvalue weighted by atomic mass is 19.1. The van der Waals surface area contributed by atoms with E-state index in [1.165, 1.54) is 25.3 Å². The Morgan fingerprint density at radius 1 is 1.15 bits per heavy atom. The van der Waals surface area contributed by atoms with Crippen molar-refractivity contribution in [2.24, 2.45) is 0 Å². The van der Waals surface area contributed by atoms with Crippen molar-refractivity contribution in [1.29, 1.82) is 0 Å². The number of aromatic nitrogens is 1. The molecule has 0 amide bonds. The summed E-state index contributed by atoms with van der Waals surface area (Å²) in [5.74, 6) is -1.60. The van der Waals surface area contributed by atoms with Crippen molar-refractivity contribution >= 4 is 28.7 Å². The van der Waals surface area contributed by atoms with E-state index in [1.54, 1.807) is 12.3 Å². The molecule has 1 aromatic heterocycles. The molecule has 3 rings (SSSR count). The minimum absolute atomic E-state index is 0.0209. The number of rotatable bonds is 6. The molecule has 6 heteroatoms. The molecule has 0 aliphatic carbocycles. The monoisotopic (exact) mass is 365 g/mol. The predicted octanol–water partition coefficient (Wildman–Crippen LogP) is 3.82. The molecule has 0 radical (unpaired) electrons. The number of ketones is 1. The number of benzene rings is 2. The number of methoxy groups -OCH3 is 1. The van der Waals surface area contributed by atoms with Crippen LogP contribution >= 0.6 is 0 Å². The van der Waals surface area contributed by atoms with E-state index < -0.39 is 24.2 Å². The lowest BCUT2D eigenvalue weighted by Gasteiger charge is -2.07. The lowest BCUT2D eigenvalue weighted by atomic mass is 10.1. The fraction of sp³-hybridized carbons (Fsp3) is 0.0952. The lowest BCUT2D eigenvalue weighted by molar-refractivity contribution is -0.136. The minimum Gasteiger partial charge on any atom is -0.496 e. The van der Waals surface area contributed by atoms with Crippen molar-refractivity contribution in [1.82, 2.24) is 4.98 Å². The van der Waals surface area contributed by atoms with Gasteiger partial charge in [0.05, 0.1) is 18.2 Å². The highest BCUT2D eigenvalue weighted by molar-refractivity contribution is 6.01. The number of halogens is 1. The molecular weight excluding hydrogens is 349 g/mol. The van der Waals surface area contributed by atoms with Gasteiger partial charge in [0, 0.05) is 23.2 Å². The first-order valence-corrected chi connectivity index (χ1v) is 8.14. The predicted molar refractivity (Wildman–Crippen MR) is 99.0 cm³/mol. The minimum atomic E-state index is -0.688. The number of nitrogens with zero attached hydrogens (tertiary/aromatic N) is 1. The SMILES string of the molecule is COc1ccc(F)cc1C(=O)COC(=O)/C=C/c1cccc2cccnc12. The van der Waals surface area contributed by atoms with E-state index in [2.05, 4.69) is 4.98 Å². The molecule has 0 atom stereocenters. The van der Waals surface area contributed by atoms with Gasteiger partial charge in [-0.2, -0.15) is 0 Å². The summed E-state index contributed by atoms with van der Waals surface area (Å²) in [6.45, 7) is -0.517. The summed E-state index contributed by atoms with van der Waals surface area (Å²) in [4.78, 5) is 28.4. The second kappa shape index (κ2) is 8.23. The first kappa shape index (κ1) is 18.3. The van der Waals surface area contributed by atoms with Gasteiger partial charge in [-0.1, -0.05) is 24.3 Å². The number of esters is 1. The van der Waals surface area contributed by atoms with Crippen LogP contribution < -0.4 is 4.74 Å². The second-order valence-electron chi connectivity index (χ2n) is 5.63. The van der Waals surface area contributed by atoms with Crippen LogP contribution in [0.2, 0.25) is 0 Å². The summed E-state index contributed by atoms with van der Waals surface area (Å²) >= 11 is 0. The fourth-order valence-corrected chi connectivity index (χ4v) is 2.58. The summed E-state index contributed by atoms with van der Waals surface area (Å²) in [6, 6.07) is 12.9. The van der Waals surface area contributed by atoms with E-state index in [-0.39, 0.29) is 11.3 Å². The fourth-order valence-electron chi connectivity index (χ4n) is 2.58. The summed E-state index contributed by atoms with van der Waals surface area (Å²) in [5.41, 5.74) is 1.53. The average molecular weight is 365 g/mol. The molecule has 3 aromatic rings. The number of pyridine rings is 1. The Balaban J connectivity index is 1.67. The van der Waals surface area contributed by atoms with Crippen LogP contribution in [0.3, 0.4) is 0 Å². The van der Waals surface area contributed by atoms with Crippen LogP contribution in [0, 0.1) is 5.82 Å². The number of carbonyl (C=O) groups is 2. The Kier molecular flexibility index (Phi) is 5.56. The van der Waals surface area contributed by atoms with Gasteiger partial charge < -0.3 is 9.47 Å². The summed E-state index contributed by atoms with van der Waals surface area (Å²) in [5, 5.41) is 0.946. The molecule has 0 bridgehead atoms. The van der Waals surface area contributed by atoms with Crippen LogP contribution in [-0.2, 0) is 9.53 Å². The Morgan fingerprint density at radius 3 is 2.78 bits per heavy atom. The molecule has 0 aliphatic rings. The van der Waals surface area contributed by atoms with E-state index in [4.69, 9.17) is 9.47 Å². The van der Waals surface area contributed by atoms with E-state index in [9.17, 15) is 14.0 Å². The molecule has 0 aliphatic heterocycles. The molecule has 27 heavy (non-hydrogen) atoms. The van der Waals surface area contributed by atoms with Gasteiger partial charge in [0.1, 0.15) is 11.6 Å². The second-order valence-corrected chi connectivity index (χ2v) is 5.63. The molecular formula is C21H16FNO4. The van der Waals surface area contributed by atoms with Crippen LogP contribution in [0.25, 0.3) is 17.0 Å². The highest BCUT2D eigenvalue weighted by Crippen LogP contribution is 2.20. The number of carbonyl (C=O) groups excluding carboxylic acids is 2. The Morgan fingerprint density at radius 2 is 1.96 bits per heavy atom. The smallest absolute Gasteiger partial charge is 0.331 e. The van der Waals surface area contributed by atoms with Crippen molar-refractivity contribution in [2.45, 2.75) is 0 Å². The third kappa shape index (κ3) is 4.36. The lowest BCUT2D eigenvalue weighted by Crippen LogP contribution is -2.13. The molecule has 0 saturated heterocycles. The molecule has 5 nitrogen and oxygen atoms in total. The number of hydrogen-bond acceptors (Lipinski definition) is 5. The van der Waals surface area contributed by atoms with Crippen molar-refractivity contribution in [3.05, 3.63) is 77.7 Å². The van der Waals surface area contributed by atoms with E-state index >= 15 is 0 Å².